The van der Waals surface area contributed by atoms with E-state index < -0.39 is 0 Å². The first-order chi connectivity index (χ1) is 8.66. The van der Waals surface area contributed by atoms with Crippen LogP contribution in [0.2, 0.25) is 0 Å². The van der Waals surface area contributed by atoms with E-state index >= 15 is 0 Å². The number of aromatic nitrogens is 3. The second-order valence-electron chi connectivity index (χ2n) is 3.75. The van der Waals surface area contributed by atoms with Crippen molar-refractivity contribution in [2.24, 2.45) is 7.05 Å². The summed E-state index contributed by atoms with van der Waals surface area (Å²) in [5.41, 5.74) is 0.314. The molecule has 2 aromatic heterocycles. The third-order valence-corrected chi connectivity index (χ3v) is 3.32. The number of hydrogen-bond donors (Lipinski definition) is 1. The molecule has 0 aliphatic rings. The molecule has 96 valence electrons. The van der Waals surface area contributed by atoms with Crippen LogP contribution in [0.25, 0.3) is 0 Å². The summed E-state index contributed by atoms with van der Waals surface area (Å²) in [5.74, 6) is 1.17. The summed E-state index contributed by atoms with van der Waals surface area (Å²) >= 11 is 1.59. The Morgan fingerprint density at radius 2 is 2.44 bits per heavy atom. The van der Waals surface area contributed by atoms with Crippen LogP contribution in [0.15, 0.2) is 28.1 Å². The maximum atomic E-state index is 11.6. The summed E-state index contributed by atoms with van der Waals surface area (Å²) in [6.07, 6.45) is 3.64. The molecule has 0 fully saturated rings. The third kappa shape index (κ3) is 3.13. The van der Waals surface area contributed by atoms with Gasteiger partial charge in [0, 0.05) is 37.8 Å². The van der Waals surface area contributed by atoms with E-state index in [1.807, 2.05) is 17.8 Å². The van der Waals surface area contributed by atoms with Gasteiger partial charge in [-0.05, 0) is 6.92 Å². The zero-order valence-corrected chi connectivity index (χ0v) is 11.0. The second-order valence-corrected chi connectivity index (χ2v) is 4.81. The number of amides is 1. The van der Waals surface area contributed by atoms with Gasteiger partial charge in [0.2, 0.25) is 0 Å². The van der Waals surface area contributed by atoms with Gasteiger partial charge in [-0.15, -0.1) is 0 Å². The first kappa shape index (κ1) is 12.7. The Kier molecular flexibility index (Phi) is 4.03. The average molecular weight is 266 g/mol. The Balaban J connectivity index is 1.73. The van der Waals surface area contributed by atoms with Gasteiger partial charge in [-0.2, -0.15) is 0 Å². The summed E-state index contributed by atoms with van der Waals surface area (Å²) in [6, 6.07) is 1.61. The number of imidazole rings is 1. The van der Waals surface area contributed by atoms with Crippen molar-refractivity contribution in [3.05, 3.63) is 29.9 Å². The van der Waals surface area contributed by atoms with Gasteiger partial charge < -0.3 is 14.4 Å². The third-order valence-electron chi connectivity index (χ3n) is 2.26. The summed E-state index contributed by atoms with van der Waals surface area (Å²) in [7, 11) is 1.94. The maximum absolute atomic E-state index is 11.6. The lowest BCUT2D eigenvalue weighted by molar-refractivity contribution is 0.0947. The molecule has 0 saturated heterocycles. The minimum Gasteiger partial charge on any atom is -0.361 e. The van der Waals surface area contributed by atoms with Gasteiger partial charge in [0.25, 0.3) is 5.91 Å². The van der Waals surface area contributed by atoms with Crippen LogP contribution in [0.3, 0.4) is 0 Å². The molecule has 0 aliphatic heterocycles. The standard InChI is InChI=1S/C11H14N4O2S/c1-8-7-9(14-17-8)10(16)12-4-6-18-11-13-3-5-15(11)2/h3,5,7H,4,6H2,1-2H3,(H,12,16). The highest BCUT2D eigenvalue weighted by atomic mass is 32.2. The van der Waals surface area contributed by atoms with Crippen LogP contribution in [0, 0.1) is 6.92 Å². The highest BCUT2D eigenvalue weighted by molar-refractivity contribution is 7.99. The lowest BCUT2D eigenvalue weighted by Gasteiger charge is -2.02. The van der Waals surface area contributed by atoms with Gasteiger partial charge in [0.15, 0.2) is 10.9 Å². The first-order valence-corrected chi connectivity index (χ1v) is 6.47. The lowest BCUT2D eigenvalue weighted by Crippen LogP contribution is -2.26. The van der Waals surface area contributed by atoms with Crippen LogP contribution in [0.4, 0.5) is 0 Å². The molecule has 0 atom stereocenters. The number of carbonyl (C=O) groups is 1. The smallest absolute Gasteiger partial charge is 0.273 e. The Bertz CT molecular complexity index is 535. The molecular weight excluding hydrogens is 252 g/mol. The number of nitrogens with one attached hydrogen (secondary N) is 1. The molecule has 1 N–H and O–H groups in total. The average Bonchev–Trinajstić information content (AvgIpc) is 2.94. The quantitative estimate of drug-likeness (QED) is 0.651. The zero-order chi connectivity index (χ0) is 13.0. The van der Waals surface area contributed by atoms with Crippen molar-refractivity contribution in [2.45, 2.75) is 12.1 Å². The minimum atomic E-state index is -0.215. The summed E-state index contributed by atoms with van der Waals surface area (Å²) < 4.78 is 6.78. The molecule has 2 heterocycles. The van der Waals surface area contributed by atoms with Crippen LogP contribution in [-0.2, 0) is 7.05 Å². The molecule has 0 aromatic carbocycles. The van der Waals surface area contributed by atoms with E-state index in [2.05, 4.69) is 15.5 Å². The van der Waals surface area contributed by atoms with Gasteiger partial charge in [-0.3, -0.25) is 4.79 Å². The number of carbonyl (C=O) groups excluding carboxylic acids is 1. The minimum absolute atomic E-state index is 0.215. The monoisotopic (exact) mass is 266 g/mol. The molecule has 2 aromatic rings. The molecule has 2 rings (SSSR count). The molecule has 0 unspecified atom stereocenters. The lowest BCUT2D eigenvalue weighted by atomic mass is 10.3. The predicted molar refractivity (Wildman–Crippen MR) is 67.5 cm³/mol. The van der Waals surface area contributed by atoms with Crippen LogP contribution in [0.1, 0.15) is 16.2 Å². The predicted octanol–water partition coefficient (Wildman–Crippen LogP) is 1.24. The van der Waals surface area contributed by atoms with E-state index in [0.29, 0.717) is 18.0 Å². The number of thioether (sulfide) groups is 1. The molecule has 0 bridgehead atoms. The summed E-state index contributed by atoms with van der Waals surface area (Å²) in [5, 5.41) is 7.35. The van der Waals surface area contributed by atoms with E-state index in [4.69, 9.17) is 4.52 Å². The van der Waals surface area contributed by atoms with Gasteiger partial charge in [0.05, 0.1) is 0 Å². The summed E-state index contributed by atoms with van der Waals surface area (Å²) in [6.45, 7) is 2.31. The Morgan fingerprint density at radius 3 is 3.06 bits per heavy atom. The SMILES string of the molecule is Cc1cc(C(=O)NCCSc2nccn2C)no1. The normalized spacial score (nSPS) is 10.6. The maximum Gasteiger partial charge on any atom is 0.273 e. The highest BCUT2D eigenvalue weighted by Crippen LogP contribution is 2.13. The first-order valence-electron chi connectivity index (χ1n) is 5.48. The van der Waals surface area contributed by atoms with Gasteiger partial charge in [-0.1, -0.05) is 16.9 Å². The van der Waals surface area contributed by atoms with Crippen molar-refractivity contribution in [1.29, 1.82) is 0 Å². The van der Waals surface area contributed by atoms with Gasteiger partial charge in [-0.25, -0.2) is 4.98 Å². The highest BCUT2D eigenvalue weighted by Gasteiger charge is 2.09. The molecule has 1 amide bonds. The van der Waals surface area contributed by atoms with E-state index in [-0.39, 0.29) is 5.91 Å². The molecule has 18 heavy (non-hydrogen) atoms. The Labute approximate surface area is 109 Å². The number of hydrogen-bond acceptors (Lipinski definition) is 5. The Morgan fingerprint density at radius 1 is 1.61 bits per heavy atom. The molecule has 6 nitrogen and oxygen atoms in total. The molecule has 0 aliphatic carbocycles. The molecule has 0 radical (unpaired) electrons. The van der Waals surface area contributed by atoms with Crippen LogP contribution in [0.5, 0.6) is 0 Å². The largest absolute Gasteiger partial charge is 0.361 e. The molecule has 0 saturated carbocycles. The van der Waals surface area contributed by atoms with Crippen molar-refractivity contribution in [2.75, 3.05) is 12.3 Å². The molecular formula is C11H14N4O2S. The molecule has 7 heteroatoms. The van der Waals surface area contributed by atoms with Gasteiger partial charge >= 0.3 is 0 Å². The number of nitrogens with zero attached hydrogens (tertiary/aromatic N) is 3. The molecule has 0 spiro atoms. The number of aryl methyl sites for hydroxylation is 2. The van der Waals surface area contributed by atoms with Crippen molar-refractivity contribution in [3.63, 3.8) is 0 Å². The summed E-state index contributed by atoms with van der Waals surface area (Å²) in [4.78, 5) is 15.8. The van der Waals surface area contributed by atoms with Crippen molar-refractivity contribution >= 4 is 17.7 Å². The van der Waals surface area contributed by atoms with Crippen molar-refractivity contribution in [3.8, 4) is 0 Å². The second kappa shape index (κ2) is 5.72. The number of rotatable bonds is 5. The van der Waals surface area contributed by atoms with Crippen molar-refractivity contribution < 1.29 is 9.32 Å². The fourth-order valence-electron chi connectivity index (χ4n) is 1.36. The van der Waals surface area contributed by atoms with E-state index in [9.17, 15) is 4.79 Å². The van der Waals surface area contributed by atoms with E-state index in [0.717, 1.165) is 10.9 Å². The fraction of sp³-hybridized carbons (Fsp3) is 0.364. The van der Waals surface area contributed by atoms with Gasteiger partial charge in [0.1, 0.15) is 5.76 Å². The van der Waals surface area contributed by atoms with Crippen LogP contribution >= 0.6 is 11.8 Å². The Hall–Kier alpha value is -1.76. The van der Waals surface area contributed by atoms with Crippen LogP contribution < -0.4 is 5.32 Å². The van der Waals surface area contributed by atoms with E-state index in [1.165, 1.54) is 0 Å². The van der Waals surface area contributed by atoms with E-state index in [1.54, 1.807) is 30.9 Å². The zero-order valence-electron chi connectivity index (χ0n) is 10.2. The topological polar surface area (TPSA) is 73.0 Å². The fourth-order valence-corrected chi connectivity index (χ4v) is 2.15. The van der Waals surface area contributed by atoms with Crippen LogP contribution in [-0.4, -0.2) is 32.9 Å². The van der Waals surface area contributed by atoms with Crippen molar-refractivity contribution in [1.82, 2.24) is 20.0 Å².